The van der Waals surface area contributed by atoms with E-state index in [4.69, 9.17) is 86.0 Å². The highest BCUT2D eigenvalue weighted by atomic mass is 16.4. The van der Waals surface area contributed by atoms with Crippen LogP contribution >= 0.6 is 0 Å². The lowest BCUT2D eigenvalue weighted by molar-refractivity contribution is -0.142. The van der Waals surface area contributed by atoms with Crippen LogP contribution in [0.3, 0.4) is 0 Å². The molecule has 104 heavy (non-hydrogen) atoms. The molecule has 0 bridgehead atoms. The molecule has 10 amide bonds. The van der Waals surface area contributed by atoms with Gasteiger partial charge in [0.05, 0.1) is 6.10 Å². The van der Waals surface area contributed by atoms with Crippen molar-refractivity contribution in [1.29, 1.82) is 0 Å². The topological polar surface area (TPSA) is 804 Å². The van der Waals surface area contributed by atoms with Gasteiger partial charge < -0.3 is 149 Å². The first-order valence-corrected chi connectivity index (χ1v) is 34.6. The molecule has 44 heteroatoms. The third kappa shape index (κ3) is 38.6. The Morgan fingerprint density at radius 3 is 0.894 bits per heavy atom. The minimum absolute atomic E-state index is 0.0124. The summed E-state index contributed by atoms with van der Waals surface area (Å²) < 4.78 is 0. The number of unbranched alkanes of at least 4 members (excludes halogenated alkanes) is 2. The Bertz CT molecular complexity index is 2930. The van der Waals surface area contributed by atoms with Gasteiger partial charge in [0.1, 0.15) is 66.5 Å². The van der Waals surface area contributed by atoms with Gasteiger partial charge in [0, 0.05) is 45.8 Å². The van der Waals surface area contributed by atoms with Gasteiger partial charge in [0.15, 0.2) is 35.8 Å². The number of guanidine groups is 6. The number of nitrogens with zero attached hydrogens (tertiary/aromatic N) is 7. The number of amides is 10. The number of nitrogens with two attached hydrogens (primary N) is 15. The van der Waals surface area contributed by atoms with Gasteiger partial charge in [-0.2, -0.15) is 0 Å². The Labute approximate surface area is 604 Å². The van der Waals surface area contributed by atoms with Gasteiger partial charge >= 0.3 is 5.97 Å². The first-order valence-electron chi connectivity index (χ1n) is 34.6. The van der Waals surface area contributed by atoms with Crippen LogP contribution in [0.5, 0.6) is 0 Å². The molecule has 1 heterocycles. The molecule has 0 unspecified atom stereocenters. The van der Waals surface area contributed by atoms with Gasteiger partial charge in [-0.25, -0.2) is 4.79 Å². The largest absolute Gasteiger partial charge is 0.480 e. The fraction of sp³-hybridized carbons (Fsp3) is 0.717. The summed E-state index contributed by atoms with van der Waals surface area (Å²) in [6.07, 6.45) is 0.255. The van der Waals surface area contributed by atoms with Gasteiger partial charge in [-0.15, -0.1) is 0 Å². The number of likely N-dealkylation sites (tertiary alicyclic amines) is 1. The number of carboxylic acid groups (broad SMARTS) is 1. The van der Waals surface area contributed by atoms with Gasteiger partial charge in [-0.1, -0.05) is 0 Å². The van der Waals surface area contributed by atoms with E-state index in [1.807, 2.05) is 0 Å². The van der Waals surface area contributed by atoms with Crippen molar-refractivity contribution >= 4 is 101 Å². The highest BCUT2D eigenvalue weighted by Gasteiger charge is 2.40. The Kier molecular flexibility index (Phi) is 44.8. The second kappa shape index (κ2) is 50.9. The summed E-state index contributed by atoms with van der Waals surface area (Å²) in [5.41, 5.74) is 84.0. The van der Waals surface area contributed by atoms with Crippen molar-refractivity contribution in [1.82, 2.24) is 52.8 Å². The molecule has 590 valence electrons. The summed E-state index contributed by atoms with van der Waals surface area (Å²) in [5, 5.41) is 43.6. The number of aliphatic hydroxyl groups is 1. The van der Waals surface area contributed by atoms with Crippen LogP contribution in [0.2, 0.25) is 0 Å². The van der Waals surface area contributed by atoms with Crippen molar-refractivity contribution in [2.45, 2.75) is 215 Å². The molecule has 0 aromatic carbocycles. The van der Waals surface area contributed by atoms with Crippen LogP contribution < -0.4 is 134 Å². The second-order valence-electron chi connectivity index (χ2n) is 24.8. The highest BCUT2D eigenvalue weighted by Crippen LogP contribution is 2.20. The Balaban J connectivity index is 3.83. The molecule has 0 radical (unpaired) electrons. The maximum Gasteiger partial charge on any atom is 0.326 e. The van der Waals surface area contributed by atoms with Crippen molar-refractivity contribution in [3.8, 4) is 0 Å². The molecule has 1 fully saturated rings. The summed E-state index contributed by atoms with van der Waals surface area (Å²) in [7, 11) is 0. The number of aliphatic hydroxyl groups excluding tert-OH is 1. The first kappa shape index (κ1) is 91.6. The Hall–Kier alpha value is -10.4. The summed E-state index contributed by atoms with van der Waals surface area (Å²) in [6.45, 7) is 3.09. The zero-order valence-corrected chi connectivity index (χ0v) is 59.6. The molecule has 0 aromatic rings. The standard InChI is InChI=1S/C60H117N31O13/c1-32(82-45(94)36(16-7-25-76-55(64)65)89-52(101)42-22-13-31-91(42)53(102)43(63)33(2)92)44(93)83-37(17-8-26-77-56(66)67)48(97)86-39(19-10-28-79-58(70)71)50(99)87-38(18-9-27-78-57(68)69)49(98)85-34(14-3-5-23-61)46(95)84-35(15-4-6-24-62)47(96)88-40(20-11-29-80-59(72)73)51(100)90-41(54(103)104)21-12-30-81-60(74)75/h32-43,92H,3-31,61-63H2,1-2H3,(H,82,94)(H,83,93)(H,84,95)(H,85,98)(H,86,97)(H,87,99)(H,88,96)(H,89,101)(H,90,100)(H,103,104)(H4,64,65,76)(H4,66,67,77)(H4,68,69,78)(H4,70,71,79)(H4,72,73,80)(H4,74,75,81)/t32-,33+,34-,35-,36-,37-,38-,39-,40-,41-,42-,43-/m0/s1. The van der Waals surface area contributed by atoms with Crippen molar-refractivity contribution in [3.63, 3.8) is 0 Å². The maximum absolute atomic E-state index is 14.8. The van der Waals surface area contributed by atoms with E-state index in [0.29, 0.717) is 19.3 Å². The fourth-order valence-corrected chi connectivity index (χ4v) is 10.4. The minimum atomic E-state index is -1.53. The van der Waals surface area contributed by atoms with Gasteiger partial charge in [-0.3, -0.25) is 77.9 Å². The third-order valence-corrected chi connectivity index (χ3v) is 16.0. The number of nitrogens with one attached hydrogen (secondary N) is 9. The average molecular weight is 1480 g/mol. The van der Waals surface area contributed by atoms with Gasteiger partial charge in [0.25, 0.3) is 0 Å². The number of aliphatic imine (C=N–C) groups is 6. The number of hydrogen-bond donors (Lipinski definition) is 26. The zero-order chi connectivity index (χ0) is 78.4. The number of carbonyl (C=O) groups is 11. The molecule has 44 nitrogen and oxygen atoms in total. The lowest BCUT2D eigenvalue weighted by atomic mass is 10.0. The molecular weight excluding hydrogens is 1360 g/mol. The number of carbonyl (C=O) groups excluding carboxylic acids is 10. The lowest BCUT2D eigenvalue weighted by Gasteiger charge is -2.29. The molecule has 1 rings (SSSR count). The first-order chi connectivity index (χ1) is 49.1. The minimum Gasteiger partial charge on any atom is -0.480 e. The number of hydrogen-bond acceptors (Lipinski definition) is 21. The molecule has 41 N–H and O–H groups in total. The molecular formula is C60H117N31O13. The van der Waals surface area contributed by atoms with Crippen LogP contribution in [-0.4, -0.2) is 247 Å². The zero-order valence-electron chi connectivity index (χ0n) is 59.6. The van der Waals surface area contributed by atoms with Gasteiger partial charge in [0.2, 0.25) is 59.1 Å². The quantitative estimate of drug-likeness (QED) is 0.0153. The third-order valence-electron chi connectivity index (χ3n) is 16.0. The predicted molar refractivity (Wildman–Crippen MR) is 390 cm³/mol. The van der Waals surface area contributed by atoms with Crippen molar-refractivity contribution < 1.29 is 63.0 Å². The SMILES string of the molecule is C[C@H](NC(=O)[C@H](CCCN=C(N)N)NC(=O)[C@@H]1CCCN1C(=O)[C@@H](N)[C@@H](C)O)C(=O)N[C@@H](CCCN=C(N)N)C(=O)N[C@@H](CCCN=C(N)N)C(=O)N[C@@H](CCCN=C(N)N)C(=O)N[C@@H](CCCCN)C(=O)N[C@@H](CCCCN)C(=O)N[C@@H](CCCN=C(N)N)C(=O)N[C@@H](CCCN=C(N)N)C(=O)O. The normalized spacial score (nSPS) is 15.5. The predicted octanol–water partition coefficient (Wildman–Crippen LogP) is -11.3. The molecule has 0 saturated carbocycles. The van der Waals surface area contributed by atoms with Crippen LogP contribution in [0.1, 0.15) is 142 Å². The number of rotatable bonds is 53. The van der Waals surface area contributed by atoms with E-state index in [-0.39, 0.29) is 204 Å². The van der Waals surface area contributed by atoms with E-state index in [2.05, 4.69) is 77.8 Å². The number of carboxylic acids is 1. The van der Waals surface area contributed by atoms with E-state index < -0.39 is 138 Å². The van der Waals surface area contributed by atoms with E-state index in [0.717, 1.165) is 0 Å². The monoisotopic (exact) mass is 1480 g/mol. The van der Waals surface area contributed by atoms with Crippen LogP contribution in [0.15, 0.2) is 30.0 Å². The van der Waals surface area contributed by atoms with Crippen molar-refractivity contribution in [3.05, 3.63) is 0 Å². The van der Waals surface area contributed by atoms with Crippen LogP contribution in [0.25, 0.3) is 0 Å². The summed E-state index contributed by atoms with van der Waals surface area (Å²) in [6, 6.07) is -15.4. The highest BCUT2D eigenvalue weighted by molar-refractivity contribution is 5.99. The van der Waals surface area contributed by atoms with E-state index in [1.165, 1.54) is 18.7 Å². The molecule has 0 aromatic heterocycles. The van der Waals surface area contributed by atoms with Crippen LogP contribution in [0.4, 0.5) is 0 Å². The Morgan fingerprint density at radius 2 is 0.625 bits per heavy atom. The molecule has 1 aliphatic rings. The number of aliphatic carboxylic acids is 1. The molecule has 0 aliphatic carbocycles. The summed E-state index contributed by atoms with van der Waals surface area (Å²) in [5.74, 6) is -11.6. The average Bonchev–Trinajstić information content (AvgIpc) is 1.57. The van der Waals surface area contributed by atoms with E-state index >= 15 is 0 Å². The fourth-order valence-electron chi connectivity index (χ4n) is 10.4. The smallest absolute Gasteiger partial charge is 0.326 e. The maximum atomic E-state index is 14.8. The lowest BCUT2D eigenvalue weighted by Crippen LogP contribution is -2.60. The molecule has 12 atom stereocenters. The van der Waals surface area contributed by atoms with Crippen LogP contribution in [-0.2, 0) is 52.7 Å². The summed E-state index contributed by atoms with van der Waals surface area (Å²) >= 11 is 0. The van der Waals surface area contributed by atoms with Crippen molar-refractivity contribution in [2.24, 2.45) is 116 Å². The van der Waals surface area contributed by atoms with Crippen molar-refractivity contribution in [2.75, 3.05) is 58.9 Å². The molecule has 1 saturated heterocycles. The van der Waals surface area contributed by atoms with Gasteiger partial charge in [-0.05, 0) is 155 Å². The second-order valence-corrected chi connectivity index (χ2v) is 24.8. The summed E-state index contributed by atoms with van der Waals surface area (Å²) in [4.78, 5) is 179. The Morgan fingerprint density at radius 1 is 0.375 bits per heavy atom. The van der Waals surface area contributed by atoms with E-state index in [1.54, 1.807) is 0 Å². The van der Waals surface area contributed by atoms with E-state index in [9.17, 15) is 63.0 Å². The molecule has 1 aliphatic heterocycles. The van der Waals surface area contributed by atoms with Crippen LogP contribution in [0, 0.1) is 0 Å². The molecule has 0 spiro atoms.